The van der Waals surface area contributed by atoms with Crippen LogP contribution in [0.3, 0.4) is 0 Å². The highest BCUT2D eigenvalue weighted by Gasteiger charge is 2.12. The van der Waals surface area contributed by atoms with Crippen LogP contribution in [-0.2, 0) is 24.5 Å². The number of rotatable bonds is 7. The minimum Gasteiger partial charge on any atom is -0.471 e. The Balaban J connectivity index is 1.53. The van der Waals surface area contributed by atoms with E-state index < -0.39 is 0 Å². The van der Waals surface area contributed by atoms with Gasteiger partial charge in [0.15, 0.2) is 6.73 Å². The van der Waals surface area contributed by atoms with Crippen molar-refractivity contribution >= 4 is 27.5 Å². The average molecular weight is 432 g/mol. The van der Waals surface area contributed by atoms with E-state index in [0.29, 0.717) is 5.69 Å². The van der Waals surface area contributed by atoms with Gasteiger partial charge in [-0.05, 0) is 53.9 Å². The van der Waals surface area contributed by atoms with Gasteiger partial charge in [0.2, 0.25) is 5.91 Å². The Hall–Kier alpha value is -2.61. The molecule has 0 spiro atoms. The molecule has 0 saturated carbocycles. The quantitative estimate of drug-likeness (QED) is 0.618. The van der Waals surface area contributed by atoms with Crippen LogP contribution >= 0.6 is 15.9 Å². The molecule has 2 heterocycles. The number of ether oxygens (including phenoxy) is 1. The SMILES string of the molecule is CCc1ccc(OCn2cc(NC(=O)Cn3nc(C)c(Br)c3C)cn2)cc1. The maximum Gasteiger partial charge on any atom is 0.246 e. The summed E-state index contributed by atoms with van der Waals surface area (Å²) >= 11 is 3.46. The van der Waals surface area contributed by atoms with E-state index in [2.05, 4.69) is 38.4 Å². The molecule has 7 nitrogen and oxygen atoms in total. The molecule has 0 saturated heterocycles. The van der Waals surface area contributed by atoms with E-state index in [4.69, 9.17) is 4.74 Å². The number of hydrogen-bond donors (Lipinski definition) is 1. The van der Waals surface area contributed by atoms with Gasteiger partial charge in [0.25, 0.3) is 0 Å². The first-order chi connectivity index (χ1) is 13.0. The highest BCUT2D eigenvalue weighted by molar-refractivity contribution is 9.10. The molecule has 0 bridgehead atoms. The van der Waals surface area contributed by atoms with Crippen molar-refractivity contribution in [2.24, 2.45) is 0 Å². The van der Waals surface area contributed by atoms with Gasteiger partial charge in [0.1, 0.15) is 12.3 Å². The van der Waals surface area contributed by atoms with E-state index in [1.54, 1.807) is 21.8 Å². The van der Waals surface area contributed by atoms with E-state index in [1.165, 1.54) is 5.56 Å². The lowest BCUT2D eigenvalue weighted by atomic mass is 10.2. The van der Waals surface area contributed by atoms with Crippen molar-refractivity contribution in [1.29, 1.82) is 0 Å². The zero-order valence-electron chi connectivity index (χ0n) is 15.6. The highest BCUT2D eigenvalue weighted by atomic mass is 79.9. The number of nitrogens with one attached hydrogen (secondary N) is 1. The molecule has 142 valence electrons. The van der Waals surface area contributed by atoms with Crippen LogP contribution in [0.5, 0.6) is 5.75 Å². The highest BCUT2D eigenvalue weighted by Crippen LogP contribution is 2.19. The number of halogens is 1. The van der Waals surface area contributed by atoms with Crippen molar-refractivity contribution in [2.45, 2.75) is 40.5 Å². The van der Waals surface area contributed by atoms with Gasteiger partial charge in [-0.2, -0.15) is 10.2 Å². The molecule has 0 aliphatic heterocycles. The smallest absolute Gasteiger partial charge is 0.246 e. The molecule has 3 rings (SSSR count). The Morgan fingerprint density at radius 3 is 2.63 bits per heavy atom. The molecular weight excluding hydrogens is 410 g/mol. The lowest BCUT2D eigenvalue weighted by molar-refractivity contribution is -0.116. The van der Waals surface area contributed by atoms with E-state index in [9.17, 15) is 4.79 Å². The Morgan fingerprint density at radius 2 is 2.00 bits per heavy atom. The number of aryl methyl sites for hydroxylation is 2. The van der Waals surface area contributed by atoms with Gasteiger partial charge in [-0.1, -0.05) is 19.1 Å². The summed E-state index contributed by atoms with van der Waals surface area (Å²) in [5, 5.41) is 11.4. The van der Waals surface area contributed by atoms with Crippen molar-refractivity contribution in [1.82, 2.24) is 19.6 Å². The van der Waals surface area contributed by atoms with Crippen molar-refractivity contribution in [2.75, 3.05) is 5.32 Å². The molecule has 0 aliphatic carbocycles. The van der Waals surface area contributed by atoms with Gasteiger partial charge in [-0.25, -0.2) is 4.68 Å². The third-order valence-corrected chi connectivity index (χ3v) is 5.35. The zero-order chi connectivity index (χ0) is 19.4. The molecule has 0 aliphatic rings. The number of benzene rings is 1. The third-order valence-electron chi connectivity index (χ3n) is 4.20. The summed E-state index contributed by atoms with van der Waals surface area (Å²) in [4.78, 5) is 12.2. The van der Waals surface area contributed by atoms with E-state index in [0.717, 1.165) is 28.0 Å². The summed E-state index contributed by atoms with van der Waals surface area (Å²) in [6.07, 6.45) is 4.32. The molecule has 2 aromatic heterocycles. The van der Waals surface area contributed by atoms with Crippen LogP contribution in [0.4, 0.5) is 5.69 Å². The van der Waals surface area contributed by atoms with Gasteiger partial charge < -0.3 is 10.1 Å². The normalized spacial score (nSPS) is 10.8. The van der Waals surface area contributed by atoms with Crippen LogP contribution in [0, 0.1) is 13.8 Å². The fourth-order valence-corrected chi connectivity index (χ4v) is 2.91. The molecule has 0 fully saturated rings. The monoisotopic (exact) mass is 431 g/mol. The summed E-state index contributed by atoms with van der Waals surface area (Å²) in [6, 6.07) is 7.97. The van der Waals surface area contributed by atoms with Crippen LogP contribution in [0.1, 0.15) is 23.9 Å². The molecule has 8 heteroatoms. The molecule has 0 atom stereocenters. The number of amides is 1. The standard InChI is InChI=1S/C19H22BrN5O2/c1-4-15-5-7-17(8-6-15)27-12-24-10-16(9-21-24)22-18(26)11-25-14(3)19(20)13(2)23-25/h5-10H,4,11-12H2,1-3H3,(H,22,26). The maximum atomic E-state index is 12.2. The number of aromatic nitrogens is 4. The molecule has 27 heavy (non-hydrogen) atoms. The van der Waals surface area contributed by atoms with Crippen LogP contribution in [-0.4, -0.2) is 25.5 Å². The van der Waals surface area contributed by atoms with Crippen molar-refractivity contribution in [3.8, 4) is 5.75 Å². The second-order valence-corrected chi connectivity index (χ2v) is 7.02. The van der Waals surface area contributed by atoms with E-state index in [1.807, 2.05) is 38.1 Å². The topological polar surface area (TPSA) is 74.0 Å². The molecule has 0 radical (unpaired) electrons. The average Bonchev–Trinajstić information content (AvgIpc) is 3.20. The van der Waals surface area contributed by atoms with Gasteiger partial charge in [0.05, 0.1) is 33.9 Å². The number of carbonyl (C=O) groups is 1. The second kappa shape index (κ2) is 8.39. The second-order valence-electron chi connectivity index (χ2n) is 6.23. The Bertz CT molecular complexity index is 930. The fraction of sp³-hybridized carbons (Fsp3) is 0.316. The van der Waals surface area contributed by atoms with Gasteiger partial charge in [0, 0.05) is 0 Å². The van der Waals surface area contributed by atoms with Crippen molar-refractivity contribution in [3.05, 3.63) is 58.1 Å². The van der Waals surface area contributed by atoms with Crippen LogP contribution in [0.2, 0.25) is 0 Å². The minimum atomic E-state index is -0.163. The molecular formula is C19H22BrN5O2. The molecule has 1 amide bonds. The Labute approximate surface area is 166 Å². The Morgan fingerprint density at radius 1 is 1.26 bits per heavy atom. The predicted octanol–water partition coefficient (Wildman–Crippen LogP) is 3.70. The first kappa shape index (κ1) is 19.2. The summed E-state index contributed by atoms with van der Waals surface area (Å²) in [6.45, 7) is 6.34. The lowest BCUT2D eigenvalue weighted by Gasteiger charge is -2.07. The van der Waals surface area contributed by atoms with Crippen LogP contribution in [0.25, 0.3) is 0 Å². The van der Waals surface area contributed by atoms with E-state index >= 15 is 0 Å². The fourth-order valence-electron chi connectivity index (χ4n) is 2.63. The van der Waals surface area contributed by atoms with Crippen molar-refractivity contribution in [3.63, 3.8) is 0 Å². The summed E-state index contributed by atoms with van der Waals surface area (Å²) < 4.78 is 9.93. The third kappa shape index (κ3) is 4.77. The summed E-state index contributed by atoms with van der Waals surface area (Å²) in [5.74, 6) is 0.618. The molecule has 3 aromatic rings. The van der Waals surface area contributed by atoms with Gasteiger partial charge >= 0.3 is 0 Å². The van der Waals surface area contributed by atoms with Crippen molar-refractivity contribution < 1.29 is 9.53 Å². The summed E-state index contributed by atoms with van der Waals surface area (Å²) in [5.41, 5.74) is 3.66. The number of hydrogen-bond acceptors (Lipinski definition) is 4. The molecule has 1 N–H and O–H groups in total. The minimum absolute atomic E-state index is 0.143. The predicted molar refractivity (Wildman–Crippen MR) is 107 cm³/mol. The number of carbonyl (C=O) groups excluding carboxylic acids is 1. The Kier molecular flexibility index (Phi) is 5.95. The van der Waals surface area contributed by atoms with Crippen LogP contribution < -0.4 is 10.1 Å². The largest absolute Gasteiger partial charge is 0.471 e. The lowest BCUT2D eigenvalue weighted by Crippen LogP contribution is -2.20. The maximum absolute atomic E-state index is 12.2. The number of anilines is 1. The van der Waals surface area contributed by atoms with Gasteiger partial charge in [-0.15, -0.1) is 0 Å². The van der Waals surface area contributed by atoms with E-state index in [-0.39, 0.29) is 19.2 Å². The molecule has 0 unspecified atom stereocenters. The van der Waals surface area contributed by atoms with Gasteiger partial charge in [-0.3, -0.25) is 9.48 Å². The van der Waals surface area contributed by atoms with Crippen LogP contribution in [0.15, 0.2) is 41.1 Å². The first-order valence-electron chi connectivity index (χ1n) is 8.69. The number of nitrogens with zero attached hydrogens (tertiary/aromatic N) is 4. The zero-order valence-corrected chi connectivity index (χ0v) is 17.2. The molecule has 1 aromatic carbocycles. The summed E-state index contributed by atoms with van der Waals surface area (Å²) in [7, 11) is 0. The first-order valence-corrected chi connectivity index (χ1v) is 9.49.